The second-order valence-corrected chi connectivity index (χ2v) is 6.57. The maximum atomic E-state index is 4.49. The first kappa shape index (κ1) is 11.0. The Labute approximate surface area is 71.7 Å². The van der Waals surface area contributed by atoms with Gasteiger partial charge in [-0.05, 0) is 6.42 Å². The van der Waals surface area contributed by atoms with Gasteiger partial charge >= 0.3 is 5.19 Å². The molecule has 0 radical (unpaired) electrons. The predicted molar refractivity (Wildman–Crippen MR) is 62.5 cm³/mol. The van der Waals surface area contributed by atoms with Crippen LogP contribution in [0.2, 0.25) is 0 Å². The Bertz CT molecular complexity index is 178. The van der Waals surface area contributed by atoms with Crippen molar-refractivity contribution in [3.05, 3.63) is 0 Å². The van der Waals surface area contributed by atoms with E-state index in [0.29, 0.717) is 0 Å². The molecule has 0 heterocycles. The van der Waals surface area contributed by atoms with Crippen molar-refractivity contribution in [1.29, 1.82) is 0 Å². The highest BCUT2D eigenvalue weighted by molar-refractivity contribution is 7.98. The average molecular weight is 189 g/mol. The normalized spacial score (nSPS) is 12.3. The van der Waals surface area contributed by atoms with E-state index in [1.807, 2.05) is 0 Å². The zero-order valence-electron chi connectivity index (χ0n) is 7.67. The molecule has 0 amide bonds. The van der Waals surface area contributed by atoms with Gasteiger partial charge in [0.25, 0.3) is 0 Å². The molecule has 0 saturated carbocycles. The topological polar surface area (TPSA) is 12.4 Å². The van der Waals surface area contributed by atoms with E-state index in [2.05, 4.69) is 37.8 Å². The molecule has 0 bridgehead atoms. The molecular formula is C8H17NP2+2. The summed E-state index contributed by atoms with van der Waals surface area (Å²) in [6.07, 6.45) is 9.17. The molecule has 2 atom stereocenters. The third-order valence-corrected chi connectivity index (χ3v) is 4.86. The van der Waals surface area contributed by atoms with E-state index < -0.39 is 0 Å². The SMILES string of the molecule is C=[P+](C)C(=NCCC)[P+](=C)C. The molecule has 0 aliphatic heterocycles. The lowest BCUT2D eigenvalue weighted by atomic mass is 10.5. The Morgan fingerprint density at radius 3 is 2.00 bits per heavy atom. The zero-order chi connectivity index (χ0) is 8.85. The summed E-state index contributed by atoms with van der Waals surface area (Å²) in [5, 5.41) is 1.27. The fourth-order valence-electron chi connectivity index (χ4n) is 0.745. The largest absolute Gasteiger partial charge is 0.399 e. The van der Waals surface area contributed by atoms with Crippen LogP contribution in [0.15, 0.2) is 4.99 Å². The van der Waals surface area contributed by atoms with Crippen LogP contribution in [-0.4, -0.2) is 37.7 Å². The molecule has 0 aromatic carbocycles. The van der Waals surface area contributed by atoms with Gasteiger partial charge in [0.05, 0.1) is 12.6 Å². The van der Waals surface area contributed by atoms with Gasteiger partial charge in [-0.1, -0.05) is 6.92 Å². The van der Waals surface area contributed by atoms with Crippen molar-refractivity contribution in [3.8, 4) is 0 Å². The van der Waals surface area contributed by atoms with E-state index in [4.69, 9.17) is 0 Å². The fraction of sp³-hybridized carbons (Fsp3) is 0.625. The summed E-state index contributed by atoms with van der Waals surface area (Å²) in [4.78, 5) is 4.49. The molecule has 0 aromatic heterocycles. The maximum Gasteiger partial charge on any atom is 0.399 e. The Kier molecular flexibility index (Phi) is 5.64. The van der Waals surface area contributed by atoms with Gasteiger partial charge in [0.2, 0.25) is 0 Å². The van der Waals surface area contributed by atoms with E-state index in [9.17, 15) is 0 Å². The number of rotatable bonds is 4. The first-order valence-corrected chi connectivity index (χ1v) is 7.67. The molecule has 1 nitrogen and oxygen atoms in total. The standard InChI is InChI=1S/C8H17NP2/c1-6-7-9-8(10(2)3)11(4)5/h2,4,6-7H2,1,3,5H3/q+2. The molecular weight excluding hydrogens is 172 g/mol. The summed E-state index contributed by atoms with van der Waals surface area (Å²) < 4.78 is 0. The van der Waals surface area contributed by atoms with Crippen LogP contribution in [0.25, 0.3) is 0 Å². The van der Waals surface area contributed by atoms with E-state index in [-0.39, 0.29) is 15.1 Å². The highest BCUT2D eigenvalue weighted by Crippen LogP contribution is 2.33. The van der Waals surface area contributed by atoms with Crippen LogP contribution in [0, 0.1) is 0 Å². The van der Waals surface area contributed by atoms with Crippen molar-refractivity contribution in [1.82, 2.24) is 0 Å². The summed E-state index contributed by atoms with van der Waals surface area (Å²) in [5.74, 6) is 0. The lowest BCUT2D eigenvalue weighted by Gasteiger charge is -1.85. The van der Waals surface area contributed by atoms with Crippen molar-refractivity contribution in [2.45, 2.75) is 13.3 Å². The fourth-order valence-corrected chi connectivity index (χ4v) is 3.76. The second-order valence-electron chi connectivity index (χ2n) is 2.58. The van der Waals surface area contributed by atoms with Gasteiger partial charge in [0.1, 0.15) is 13.3 Å². The van der Waals surface area contributed by atoms with Crippen molar-refractivity contribution in [3.63, 3.8) is 0 Å². The molecule has 11 heavy (non-hydrogen) atoms. The molecule has 0 aromatic rings. The highest BCUT2D eigenvalue weighted by Gasteiger charge is 2.21. The molecule has 0 fully saturated rings. The Morgan fingerprint density at radius 1 is 1.27 bits per heavy atom. The van der Waals surface area contributed by atoms with Gasteiger partial charge in [-0.25, -0.2) is 4.99 Å². The van der Waals surface area contributed by atoms with Gasteiger partial charge in [0, 0.05) is 6.54 Å². The van der Waals surface area contributed by atoms with Crippen LogP contribution in [0.5, 0.6) is 0 Å². The van der Waals surface area contributed by atoms with Gasteiger partial charge in [-0.2, -0.15) is 0 Å². The molecule has 0 spiro atoms. The molecule has 0 saturated heterocycles. The minimum absolute atomic E-state index is 0.249. The molecule has 0 aliphatic rings. The minimum atomic E-state index is -0.249. The third kappa shape index (κ3) is 4.45. The molecule has 0 N–H and O–H groups in total. The molecule has 2 unspecified atom stereocenters. The zero-order valence-corrected chi connectivity index (χ0v) is 9.46. The monoisotopic (exact) mass is 189 g/mol. The summed E-state index contributed by atoms with van der Waals surface area (Å²) >= 11 is 0. The highest BCUT2D eigenvalue weighted by atomic mass is 31.2. The van der Waals surface area contributed by atoms with Crippen molar-refractivity contribution in [2.24, 2.45) is 4.99 Å². The van der Waals surface area contributed by atoms with E-state index in [1.165, 1.54) is 5.19 Å². The summed E-state index contributed by atoms with van der Waals surface area (Å²) in [5.41, 5.74) is 0. The van der Waals surface area contributed by atoms with Gasteiger partial charge in [0.15, 0.2) is 15.1 Å². The summed E-state index contributed by atoms with van der Waals surface area (Å²) in [7, 11) is -0.497. The van der Waals surface area contributed by atoms with Crippen LogP contribution < -0.4 is 0 Å². The summed E-state index contributed by atoms with van der Waals surface area (Å²) in [6.45, 7) is 7.38. The Balaban J connectivity index is 4.33. The van der Waals surface area contributed by atoms with Crippen molar-refractivity contribution >= 4 is 32.9 Å². The smallest absolute Gasteiger partial charge is 0.206 e. The van der Waals surface area contributed by atoms with Gasteiger partial charge in [-0.3, -0.25) is 0 Å². The van der Waals surface area contributed by atoms with E-state index in [0.717, 1.165) is 13.0 Å². The van der Waals surface area contributed by atoms with Crippen LogP contribution in [0.1, 0.15) is 13.3 Å². The Hall–Kier alpha value is 0.01000. The number of hydrogen-bond acceptors (Lipinski definition) is 1. The minimum Gasteiger partial charge on any atom is -0.206 e. The summed E-state index contributed by atoms with van der Waals surface area (Å²) in [6, 6.07) is 0. The number of hydrogen-bond donors (Lipinski definition) is 0. The first-order chi connectivity index (χ1) is 5.09. The van der Waals surface area contributed by atoms with Gasteiger partial charge in [-0.15, -0.1) is 0 Å². The van der Waals surface area contributed by atoms with Gasteiger partial charge < -0.3 is 0 Å². The van der Waals surface area contributed by atoms with E-state index in [1.54, 1.807) is 0 Å². The third-order valence-electron chi connectivity index (χ3n) is 1.16. The lowest BCUT2D eigenvalue weighted by molar-refractivity contribution is 0.938. The molecule has 62 valence electrons. The van der Waals surface area contributed by atoms with Crippen molar-refractivity contribution in [2.75, 3.05) is 19.9 Å². The average Bonchev–Trinajstić information content (AvgIpc) is 1.87. The second kappa shape index (κ2) is 5.63. The van der Waals surface area contributed by atoms with Crippen molar-refractivity contribution < 1.29 is 0 Å². The molecule has 0 rings (SSSR count). The maximum absolute atomic E-state index is 4.49. The van der Waals surface area contributed by atoms with Crippen LogP contribution in [0.4, 0.5) is 0 Å². The molecule has 0 aliphatic carbocycles. The quantitative estimate of drug-likeness (QED) is 0.476. The number of aliphatic imine (C=N–C) groups is 1. The number of nitrogens with zero attached hydrogens (tertiary/aromatic N) is 1. The lowest BCUT2D eigenvalue weighted by Crippen LogP contribution is -1.86. The van der Waals surface area contributed by atoms with Crippen LogP contribution >= 0.6 is 15.1 Å². The predicted octanol–water partition coefficient (Wildman–Crippen LogP) is 2.84. The van der Waals surface area contributed by atoms with Crippen LogP contribution in [-0.2, 0) is 0 Å². The first-order valence-electron chi connectivity index (χ1n) is 3.72. The Morgan fingerprint density at radius 2 is 1.73 bits per heavy atom. The molecule has 3 heteroatoms. The van der Waals surface area contributed by atoms with Crippen LogP contribution in [0.3, 0.4) is 0 Å². The van der Waals surface area contributed by atoms with E-state index >= 15 is 0 Å².